The van der Waals surface area contributed by atoms with Gasteiger partial charge in [0.25, 0.3) is 0 Å². The third-order valence-electron chi connectivity index (χ3n) is 2.44. The Morgan fingerprint density at radius 3 is 2.58 bits per heavy atom. The summed E-state index contributed by atoms with van der Waals surface area (Å²) in [7, 11) is 0. The van der Waals surface area contributed by atoms with Gasteiger partial charge in [-0.05, 0) is 6.42 Å². The van der Waals surface area contributed by atoms with E-state index in [1.54, 1.807) is 11.8 Å². The van der Waals surface area contributed by atoms with E-state index in [1.165, 1.54) is 0 Å². The van der Waals surface area contributed by atoms with Crippen molar-refractivity contribution in [3.05, 3.63) is 0 Å². The second kappa shape index (κ2) is 3.70. The van der Waals surface area contributed by atoms with Gasteiger partial charge < -0.3 is 4.90 Å². The zero-order valence-corrected chi connectivity index (χ0v) is 7.67. The molecule has 68 valence electrons. The molecule has 1 unspecified atom stereocenters. The molecule has 0 aromatic rings. The molecule has 0 spiro atoms. The van der Waals surface area contributed by atoms with Crippen molar-refractivity contribution in [1.29, 1.82) is 0 Å². The summed E-state index contributed by atoms with van der Waals surface area (Å²) in [4.78, 5) is 23.9. The molecule has 0 aromatic carbocycles. The number of carbonyl (C=O) groups is 2. The molecule has 3 heteroatoms. The first-order valence-corrected chi connectivity index (χ1v) is 4.43. The van der Waals surface area contributed by atoms with Gasteiger partial charge in [0.15, 0.2) is 0 Å². The van der Waals surface area contributed by atoms with Crippen LogP contribution in [0.3, 0.4) is 0 Å². The maximum atomic E-state index is 11.2. The minimum atomic E-state index is 0.0846. The van der Waals surface area contributed by atoms with Gasteiger partial charge in [-0.1, -0.05) is 6.92 Å². The maximum absolute atomic E-state index is 11.2. The third-order valence-corrected chi connectivity index (χ3v) is 2.44. The first kappa shape index (κ1) is 9.23. The van der Waals surface area contributed by atoms with Crippen LogP contribution in [0.2, 0.25) is 0 Å². The topological polar surface area (TPSA) is 37.4 Å². The lowest BCUT2D eigenvalue weighted by molar-refractivity contribution is -0.128. The number of amides is 1. The summed E-state index contributed by atoms with van der Waals surface area (Å²) in [6, 6.07) is 0. The zero-order chi connectivity index (χ0) is 9.14. The number of Topliss-reactive ketones (excluding diaryl/α,β-unsaturated/α-hetero) is 1. The van der Waals surface area contributed by atoms with Gasteiger partial charge in [0, 0.05) is 32.4 Å². The summed E-state index contributed by atoms with van der Waals surface area (Å²) < 4.78 is 0. The Bertz CT molecular complexity index is 201. The summed E-state index contributed by atoms with van der Waals surface area (Å²) in [5.74, 6) is 0.485. The lowest BCUT2D eigenvalue weighted by atomic mass is 10.0. The van der Waals surface area contributed by atoms with Gasteiger partial charge in [0.2, 0.25) is 5.91 Å². The Morgan fingerprint density at radius 2 is 2.17 bits per heavy atom. The van der Waals surface area contributed by atoms with Crippen LogP contribution in [0.5, 0.6) is 0 Å². The fraction of sp³-hybridized carbons (Fsp3) is 0.778. The smallest absolute Gasteiger partial charge is 0.219 e. The van der Waals surface area contributed by atoms with E-state index in [-0.39, 0.29) is 11.8 Å². The van der Waals surface area contributed by atoms with Gasteiger partial charge in [-0.3, -0.25) is 9.59 Å². The lowest BCUT2D eigenvalue weighted by Crippen LogP contribution is -2.27. The van der Waals surface area contributed by atoms with Crippen LogP contribution in [0.4, 0.5) is 0 Å². The van der Waals surface area contributed by atoms with Crippen molar-refractivity contribution in [3.63, 3.8) is 0 Å². The molecule has 0 aliphatic carbocycles. The highest BCUT2D eigenvalue weighted by Crippen LogP contribution is 2.17. The zero-order valence-electron chi connectivity index (χ0n) is 7.67. The van der Waals surface area contributed by atoms with E-state index in [0.717, 1.165) is 13.0 Å². The number of ketones is 1. The van der Waals surface area contributed by atoms with E-state index in [2.05, 4.69) is 0 Å². The van der Waals surface area contributed by atoms with E-state index in [9.17, 15) is 9.59 Å². The van der Waals surface area contributed by atoms with Gasteiger partial charge in [-0.15, -0.1) is 0 Å². The molecule has 0 radical (unpaired) electrons. The highest BCUT2D eigenvalue weighted by atomic mass is 16.2. The predicted octanol–water partition coefficient (Wildman–Crippen LogP) is 0.834. The molecule has 1 fully saturated rings. The SMILES string of the molecule is CCC(=O)C1CCN(C(C)=O)C1. The summed E-state index contributed by atoms with van der Waals surface area (Å²) >= 11 is 0. The van der Waals surface area contributed by atoms with Crippen molar-refractivity contribution in [2.45, 2.75) is 26.7 Å². The molecular formula is C9H15NO2. The van der Waals surface area contributed by atoms with Crippen LogP contribution >= 0.6 is 0 Å². The first-order chi connectivity index (χ1) is 5.65. The average Bonchev–Trinajstić information content (AvgIpc) is 2.51. The van der Waals surface area contributed by atoms with E-state index >= 15 is 0 Å². The van der Waals surface area contributed by atoms with E-state index in [0.29, 0.717) is 18.7 Å². The Balaban J connectivity index is 2.45. The predicted molar refractivity (Wildman–Crippen MR) is 45.7 cm³/mol. The number of carbonyl (C=O) groups excluding carboxylic acids is 2. The number of hydrogen-bond acceptors (Lipinski definition) is 2. The van der Waals surface area contributed by atoms with Crippen LogP contribution in [0.1, 0.15) is 26.7 Å². The molecule has 0 bridgehead atoms. The maximum Gasteiger partial charge on any atom is 0.219 e. The molecule has 1 aliphatic rings. The fourth-order valence-electron chi connectivity index (χ4n) is 1.60. The van der Waals surface area contributed by atoms with E-state index in [1.807, 2.05) is 6.92 Å². The summed E-state index contributed by atoms with van der Waals surface area (Å²) in [6.07, 6.45) is 1.45. The van der Waals surface area contributed by atoms with Gasteiger partial charge in [0.05, 0.1) is 0 Å². The van der Waals surface area contributed by atoms with Crippen LogP contribution < -0.4 is 0 Å². The van der Waals surface area contributed by atoms with Crippen LogP contribution in [0.25, 0.3) is 0 Å². The molecule has 3 nitrogen and oxygen atoms in total. The highest BCUT2D eigenvalue weighted by molar-refractivity contribution is 5.82. The number of rotatable bonds is 2. The van der Waals surface area contributed by atoms with Crippen LogP contribution in [-0.4, -0.2) is 29.7 Å². The molecule has 1 aliphatic heterocycles. The molecule has 1 rings (SSSR count). The van der Waals surface area contributed by atoms with Gasteiger partial charge in [0.1, 0.15) is 5.78 Å². The van der Waals surface area contributed by atoms with Crippen molar-refractivity contribution in [1.82, 2.24) is 4.90 Å². The third kappa shape index (κ3) is 1.84. The molecule has 1 atom stereocenters. The molecule has 1 heterocycles. The summed E-state index contributed by atoms with van der Waals surface area (Å²) in [6.45, 7) is 4.82. The largest absolute Gasteiger partial charge is 0.342 e. The Kier molecular flexibility index (Phi) is 2.84. The Hall–Kier alpha value is -0.860. The number of hydrogen-bond donors (Lipinski definition) is 0. The van der Waals surface area contributed by atoms with Crippen LogP contribution in [0, 0.1) is 5.92 Å². The minimum absolute atomic E-state index is 0.0846. The Morgan fingerprint density at radius 1 is 1.50 bits per heavy atom. The molecule has 1 amide bonds. The van der Waals surface area contributed by atoms with E-state index < -0.39 is 0 Å². The van der Waals surface area contributed by atoms with Crippen LogP contribution in [0.15, 0.2) is 0 Å². The number of likely N-dealkylation sites (tertiary alicyclic amines) is 1. The second-order valence-electron chi connectivity index (χ2n) is 3.27. The van der Waals surface area contributed by atoms with Crippen molar-refractivity contribution >= 4 is 11.7 Å². The average molecular weight is 169 g/mol. The standard InChI is InChI=1S/C9H15NO2/c1-3-9(12)8-4-5-10(6-8)7(2)11/h8H,3-6H2,1-2H3. The second-order valence-corrected chi connectivity index (χ2v) is 3.27. The van der Waals surface area contributed by atoms with Crippen LogP contribution in [-0.2, 0) is 9.59 Å². The lowest BCUT2D eigenvalue weighted by Gasteiger charge is -2.12. The van der Waals surface area contributed by atoms with Crippen molar-refractivity contribution in [2.75, 3.05) is 13.1 Å². The molecule has 0 saturated carbocycles. The molecular weight excluding hydrogens is 154 g/mol. The fourth-order valence-corrected chi connectivity index (χ4v) is 1.60. The van der Waals surface area contributed by atoms with Gasteiger partial charge in [-0.2, -0.15) is 0 Å². The quantitative estimate of drug-likeness (QED) is 0.614. The normalized spacial score (nSPS) is 22.8. The highest BCUT2D eigenvalue weighted by Gasteiger charge is 2.27. The van der Waals surface area contributed by atoms with Crippen molar-refractivity contribution in [3.8, 4) is 0 Å². The summed E-state index contributed by atoms with van der Waals surface area (Å²) in [5, 5.41) is 0. The minimum Gasteiger partial charge on any atom is -0.342 e. The number of nitrogens with zero attached hydrogens (tertiary/aromatic N) is 1. The monoisotopic (exact) mass is 169 g/mol. The molecule has 1 saturated heterocycles. The Labute approximate surface area is 72.7 Å². The summed E-state index contributed by atoms with van der Waals surface area (Å²) in [5.41, 5.74) is 0. The van der Waals surface area contributed by atoms with Crippen molar-refractivity contribution < 1.29 is 9.59 Å². The van der Waals surface area contributed by atoms with Gasteiger partial charge >= 0.3 is 0 Å². The molecule has 0 N–H and O–H groups in total. The van der Waals surface area contributed by atoms with E-state index in [4.69, 9.17) is 0 Å². The molecule has 0 aromatic heterocycles. The first-order valence-electron chi connectivity index (χ1n) is 4.43. The molecule has 12 heavy (non-hydrogen) atoms. The van der Waals surface area contributed by atoms with Crippen molar-refractivity contribution in [2.24, 2.45) is 5.92 Å². The van der Waals surface area contributed by atoms with Gasteiger partial charge in [-0.25, -0.2) is 0 Å².